The van der Waals surface area contributed by atoms with Gasteiger partial charge in [0.25, 0.3) is 0 Å². The summed E-state index contributed by atoms with van der Waals surface area (Å²) < 4.78 is 17.1. The summed E-state index contributed by atoms with van der Waals surface area (Å²) >= 11 is 0. The number of aliphatic hydroxyl groups is 1. The van der Waals surface area contributed by atoms with Crippen LogP contribution in [0.2, 0.25) is 0 Å². The summed E-state index contributed by atoms with van der Waals surface area (Å²) in [6.45, 7) is 6.92. The van der Waals surface area contributed by atoms with E-state index in [2.05, 4.69) is 35.4 Å². The maximum Gasteiger partial charge on any atom is 0.157 e. The van der Waals surface area contributed by atoms with E-state index in [-0.39, 0.29) is 17.8 Å². The van der Waals surface area contributed by atoms with E-state index in [9.17, 15) is 5.11 Å². The molecule has 154 valence electrons. The average molecular weight is 381 g/mol. The number of allylic oxidation sites excluding steroid dienone is 2. The summed E-state index contributed by atoms with van der Waals surface area (Å²) in [6.07, 6.45) is 11.4. The van der Waals surface area contributed by atoms with Crippen LogP contribution >= 0.6 is 0 Å². The van der Waals surface area contributed by atoms with Crippen molar-refractivity contribution in [2.45, 2.75) is 57.5 Å². The van der Waals surface area contributed by atoms with E-state index in [4.69, 9.17) is 14.2 Å². The van der Waals surface area contributed by atoms with Crippen LogP contribution in [0.4, 0.5) is 0 Å². The van der Waals surface area contributed by atoms with Crippen LogP contribution < -0.4 is 5.32 Å². The number of rotatable bonds is 9. The number of hydrogen-bond donors (Lipinski definition) is 2. The lowest BCUT2D eigenvalue weighted by Gasteiger charge is -2.38. The van der Waals surface area contributed by atoms with Crippen molar-refractivity contribution in [3.05, 3.63) is 24.0 Å². The van der Waals surface area contributed by atoms with Crippen LogP contribution in [0, 0.1) is 5.41 Å². The molecule has 0 amide bonds. The summed E-state index contributed by atoms with van der Waals surface area (Å²) in [5.41, 5.74) is 0.0432. The first kappa shape index (κ1) is 20.8. The molecule has 27 heavy (non-hydrogen) atoms. The number of hydrogen-bond acceptors (Lipinski definition) is 6. The third-order valence-corrected chi connectivity index (χ3v) is 6.00. The predicted octanol–water partition coefficient (Wildman–Crippen LogP) is 2.05. The molecule has 0 radical (unpaired) electrons. The van der Waals surface area contributed by atoms with Gasteiger partial charge in [0.2, 0.25) is 0 Å². The number of ether oxygens (including phenoxy) is 3. The predicted molar refractivity (Wildman–Crippen MR) is 105 cm³/mol. The lowest BCUT2D eigenvalue weighted by molar-refractivity contribution is -0.167. The Hall–Kier alpha value is -0.920. The highest BCUT2D eigenvalue weighted by molar-refractivity contribution is 5.23. The second kappa shape index (κ2) is 10.0. The fraction of sp³-hybridized carbons (Fsp3) is 0.810. The summed E-state index contributed by atoms with van der Waals surface area (Å²) in [7, 11) is 2.02. The van der Waals surface area contributed by atoms with Crippen molar-refractivity contribution in [1.29, 1.82) is 0 Å². The van der Waals surface area contributed by atoms with Gasteiger partial charge in [-0.25, -0.2) is 0 Å². The molecule has 2 saturated heterocycles. The molecule has 3 aliphatic rings. The Labute approximate surface area is 163 Å². The van der Waals surface area contributed by atoms with Gasteiger partial charge in [-0.3, -0.25) is 4.90 Å². The molecule has 6 heteroatoms. The highest BCUT2D eigenvalue weighted by atomic mass is 16.7. The van der Waals surface area contributed by atoms with Crippen LogP contribution in [0.15, 0.2) is 24.0 Å². The van der Waals surface area contributed by atoms with Gasteiger partial charge in [-0.1, -0.05) is 13.0 Å². The molecule has 0 aromatic heterocycles. The molecule has 1 aliphatic carbocycles. The third-order valence-electron chi connectivity index (χ3n) is 6.00. The Bertz CT molecular complexity index is 518. The second-order valence-electron chi connectivity index (χ2n) is 8.21. The van der Waals surface area contributed by atoms with Crippen molar-refractivity contribution in [2.75, 3.05) is 46.5 Å². The van der Waals surface area contributed by atoms with E-state index in [0.29, 0.717) is 19.3 Å². The Morgan fingerprint density at radius 1 is 1.37 bits per heavy atom. The van der Waals surface area contributed by atoms with E-state index in [1.807, 2.05) is 7.05 Å². The molecule has 4 atom stereocenters. The number of aliphatic hydroxyl groups excluding tert-OH is 1. The molecule has 0 saturated carbocycles. The molecule has 0 aromatic rings. The van der Waals surface area contributed by atoms with Crippen molar-refractivity contribution >= 4 is 0 Å². The molecule has 6 nitrogen and oxygen atoms in total. The maximum absolute atomic E-state index is 9.76. The van der Waals surface area contributed by atoms with Crippen molar-refractivity contribution in [2.24, 2.45) is 5.41 Å². The fourth-order valence-corrected chi connectivity index (χ4v) is 4.14. The number of likely N-dealkylation sites (tertiary alicyclic amines) is 1. The zero-order chi connectivity index (χ0) is 19.1. The summed E-state index contributed by atoms with van der Waals surface area (Å²) in [5, 5.41) is 13.2. The van der Waals surface area contributed by atoms with Gasteiger partial charge >= 0.3 is 0 Å². The van der Waals surface area contributed by atoms with Gasteiger partial charge in [0.05, 0.1) is 12.7 Å². The van der Waals surface area contributed by atoms with Gasteiger partial charge in [-0.15, -0.1) is 0 Å². The van der Waals surface area contributed by atoms with Crippen LogP contribution in [-0.2, 0) is 14.2 Å². The van der Waals surface area contributed by atoms with Crippen molar-refractivity contribution in [3.63, 3.8) is 0 Å². The topological polar surface area (TPSA) is 63.2 Å². The molecule has 2 N–H and O–H groups in total. The smallest absolute Gasteiger partial charge is 0.157 e. The fourth-order valence-electron chi connectivity index (χ4n) is 4.14. The first-order chi connectivity index (χ1) is 13.1. The van der Waals surface area contributed by atoms with Gasteiger partial charge in [0.1, 0.15) is 12.4 Å². The van der Waals surface area contributed by atoms with E-state index < -0.39 is 0 Å². The second-order valence-corrected chi connectivity index (χ2v) is 8.21. The summed E-state index contributed by atoms with van der Waals surface area (Å²) in [5.74, 6) is 0.923. The molecular weight excluding hydrogens is 344 g/mol. The Kier molecular flexibility index (Phi) is 7.73. The van der Waals surface area contributed by atoms with Crippen LogP contribution in [-0.4, -0.2) is 74.9 Å². The first-order valence-electron chi connectivity index (χ1n) is 10.4. The molecule has 0 spiro atoms. The molecule has 0 aromatic carbocycles. The molecule has 2 fully saturated rings. The van der Waals surface area contributed by atoms with Gasteiger partial charge in [0, 0.05) is 37.7 Å². The third kappa shape index (κ3) is 6.03. The van der Waals surface area contributed by atoms with Crippen LogP contribution in [0.1, 0.15) is 39.0 Å². The summed E-state index contributed by atoms with van der Waals surface area (Å²) in [6, 6.07) is 0.337. The normalized spacial score (nSPS) is 33.1. The number of β-amino-alcohol motifs (C(OH)–C–C–N with tert-alkyl or cyclic N) is 1. The molecule has 2 heterocycles. The van der Waals surface area contributed by atoms with Crippen molar-refractivity contribution < 1.29 is 19.3 Å². The van der Waals surface area contributed by atoms with Gasteiger partial charge in [-0.05, 0) is 51.3 Å². The zero-order valence-corrected chi connectivity index (χ0v) is 16.9. The lowest BCUT2D eigenvalue weighted by atomic mass is 9.76. The van der Waals surface area contributed by atoms with E-state index in [1.54, 1.807) is 0 Å². The molecular formula is C21H36N2O4. The van der Waals surface area contributed by atoms with Crippen LogP contribution in [0.3, 0.4) is 0 Å². The minimum absolute atomic E-state index is 0.0432. The van der Waals surface area contributed by atoms with Crippen molar-refractivity contribution in [3.8, 4) is 0 Å². The molecule has 0 bridgehead atoms. The van der Waals surface area contributed by atoms with Gasteiger partial charge in [0.15, 0.2) is 6.29 Å². The highest BCUT2D eigenvalue weighted by Crippen LogP contribution is 2.34. The highest BCUT2D eigenvalue weighted by Gasteiger charge is 2.34. The van der Waals surface area contributed by atoms with Gasteiger partial charge < -0.3 is 24.6 Å². The Balaban J connectivity index is 1.40. The standard InChI is InChI=1S/C21H36N2O4/c1-21(19(22-2)16-23-11-8-17(24)15-23)9-6-18(7-10-21)25-13-14-27-20-5-3-4-12-26-20/h6-7,9,17,19-20,22,24H,3-5,8,10-16H2,1-2H3/t17-,19+,20?,21?/m0/s1. The monoisotopic (exact) mass is 380 g/mol. The Morgan fingerprint density at radius 2 is 2.26 bits per heavy atom. The number of nitrogens with zero attached hydrogens (tertiary/aromatic N) is 1. The number of nitrogens with one attached hydrogen (secondary N) is 1. The Morgan fingerprint density at radius 3 is 2.89 bits per heavy atom. The summed E-state index contributed by atoms with van der Waals surface area (Å²) in [4.78, 5) is 2.35. The molecule has 2 aliphatic heterocycles. The molecule has 2 unspecified atom stereocenters. The van der Waals surface area contributed by atoms with Crippen LogP contribution in [0.25, 0.3) is 0 Å². The molecule has 3 rings (SSSR count). The van der Waals surface area contributed by atoms with E-state index >= 15 is 0 Å². The zero-order valence-electron chi connectivity index (χ0n) is 16.9. The van der Waals surface area contributed by atoms with E-state index in [0.717, 1.165) is 57.7 Å². The first-order valence-corrected chi connectivity index (χ1v) is 10.4. The minimum Gasteiger partial charge on any atom is -0.492 e. The maximum atomic E-state index is 9.76. The van der Waals surface area contributed by atoms with E-state index in [1.165, 1.54) is 6.42 Å². The lowest BCUT2D eigenvalue weighted by Crippen LogP contribution is -2.48. The average Bonchev–Trinajstić information content (AvgIpc) is 3.10. The SMILES string of the molecule is CN[C@H](CN1CC[C@H](O)C1)C1(C)C=CC(OCCOC2CCCCO2)=CC1. The minimum atomic E-state index is -0.168. The largest absolute Gasteiger partial charge is 0.492 e. The van der Waals surface area contributed by atoms with Gasteiger partial charge in [-0.2, -0.15) is 0 Å². The van der Waals surface area contributed by atoms with Crippen LogP contribution in [0.5, 0.6) is 0 Å². The quantitative estimate of drug-likeness (QED) is 0.597. The number of likely N-dealkylation sites (N-methyl/N-ethyl adjacent to an activating group) is 1. The van der Waals surface area contributed by atoms with Crippen molar-refractivity contribution in [1.82, 2.24) is 10.2 Å².